The molecule has 5 nitrogen and oxygen atoms in total. The molecule has 6 heteroatoms. The van der Waals surface area contributed by atoms with Crippen LogP contribution in [0.1, 0.15) is 25.0 Å². The van der Waals surface area contributed by atoms with E-state index in [-0.39, 0.29) is 5.41 Å². The van der Waals surface area contributed by atoms with E-state index in [0.717, 1.165) is 33.7 Å². The minimum atomic E-state index is -3.08. The SMILES string of the molecule is CC1(C)c2cccnc2N(c2cccc([Si](c3ccccc3)(c3ccccc3)c3ccc4c5ccccc5n5ccnc5c4c3)c2)c2c1ccc1c2c2ccccc2n1-c1ccccc1. The van der Waals surface area contributed by atoms with E-state index in [1.54, 1.807) is 0 Å². The van der Waals surface area contributed by atoms with Crippen LogP contribution >= 0.6 is 0 Å². The molecule has 0 fully saturated rings. The van der Waals surface area contributed by atoms with Crippen LogP contribution in [0.25, 0.3) is 54.8 Å². The van der Waals surface area contributed by atoms with Crippen molar-refractivity contribution >= 4 is 95.1 Å². The van der Waals surface area contributed by atoms with E-state index < -0.39 is 8.07 Å². The van der Waals surface area contributed by atoms with Crippen LogP contribution in [0.5, 0.6) is 0 Å². The second-order valence-corrected chi connectivity index (χ2v) is 21.6. The molecular formula is C59H43N5Si. The Bertz CT molecular complexity index is 3780. The van der Waals surface area contributed by atoms with E-state index in [9.17, 15) is 0 Å². The number of fused-ring (bicyclic) bond motifs is 12. The zero-order chi connectivity index (χ0) is 43.3. The first-order valence-corrected chi connectivity index (χ1v) is 24.4. The van der Waals surface area contributed by atoms with Crippen molar-refractivity contribution in [1.29, 1.82) is 0 Å². The third kappa shape index (κ3) is 5.32. The van der Waals surface area contributed by atoms with Crippen LogP contribution in [0, 0.1) is 0 Å². The Morgan fingerprint density at radius 1 is 0.431 bits per heavy atom. The van der Waals surface area contributed by atoms with Gasteiger partial charge in [0.1, 0.15) is 11.5 Å². The quantitative estimate of drug-likeness (QED) is 0.0950. The number of aromatic nitrogens is 4. The number of imidazole rings is 1. The molecule has 65 heavy (non-hydrogen) atoms. The Balaban J connectivity index is 1.13. The molecule has 0 amide bonds. The van der Waals surface area contributed by atoms with Gasteiger partial charge in [0.25, 0.3) is 0 Å². The first-order chi connectivity index (χ1) is 32.0. The van der Waals surface area contributed by atoms with E-state index in [1.807, 2.05) is 12.4 Å². The predicted molar refractivity (Wildman–Crippen MR) is 273 cm³/mol. The van der Waals surface area contributed by atoms with Gasteiger partial charge in [-0.1, -0.05) is 172 Å². The monoisotopic (exact) mass is 849 g/mol. The largest absolute Gasteiger partial charge is 0.309 e. The van der Waals surface area contributed by atoms with E-state index >= 15 is 0 Å². The van der Waals surface area contributed by atoms with Gasteiger partial charge < -0.3 is 4.57 Å². The van der Waals surface area contributed by atoms with Gasteiger partial charge in [0, 0.05) is 62.5 Å². The Morgan fingerprint density at radius 3 is 1.85 bits per heavy atom. The van der Waals surface area contributed by atoms with E-state index in [0.29, 0.717) is 0 Å². The van der Waals surface area contributed by atoms with Crippen LogP contribution in [0.3, 0.4) is 0 Å². The molecule has 0 radical (unpaired) electrons. The van der Waals surface area contributed by atoms with Gasteiger partial charge in [0.05, 0.1) is 22.2 Å². The summed E-state index contributed by atoms with van der Waals surface area (Å²) in [5.74, 6) is 0.956. The summed E-state index contributed by atoms with van der Waals surface area (Å²) in [4.78, 5) is 12.8. The van der Waals surface area contributed by atoms with Gasteiger partial charge in [-0.15, -0.1) is 0 Å². The van der Waals surface area contributed by atoms with Crippen molar-refractivity contribution in [2.24, 2.45) is 0 Å². The number of rotatable bonds is 6. The zero-order valence-corrected chi connectivity index (χ0v) is 37.1. The molecule has 0 bridgehead atoms. The van der Waals surface area contributed by atoms with Crippen molar-refractivity contribution in [1.82, 2.24) is 18.9 Å². The van der Waals surface area contributed by atoms with E-state index in [2.05, 4.69) is 240 Å². The van der Waals surface area contributed by atoms with E-state index in [1.165, 1.54) is 70.1 Å². The summed E-state index contributed by atoms with van der Waals surface area (Å²) in [7, 11) is -3.08. The standard InChI is InChI=1S/C59H43N5Si/c1-59(2)50-33-34-54-55(48-27-13-15-30-53(48)63(54)40-18-6-3-7-19-40)56(50)64(58-51(59)28-17-35-60-58)41-20-16-25-44(38-41)65(42-21-8-4-9-22-42,43-23-10-5-11-24-43)45-31-32-46-47-26-12-14-29-52(47)62-37-36-61-57(62)49(46)39-45/h3-39H,1-2H3. The highest BCUT2D eigenvalue weighted by atomic mass is 28.3. The summed E-state index contributed by atoms with van der Waals surface area (Å²) in [5.41, 5.74) is 10.00. The molecule has 5 heterocycles. The number of hydrogen-bond acceptors (Lipinski definition) is 3. The van der Waals surface area contributed by atoms with Gasteiger partial charge in [0.15, 0.2) is 8.07 Å². The second kappa shape index (κ2) is 14.2. The Kier molecular flexibility index (Phi) is 8.20. The molecule has 1 aliphatic heterocycles. The Morgan fingerprint density at radius 2 is 1.08 bits per heavy atom. The second-order valence-electron chi connectivity index (χ2n) is 17.8. The van der Waals surface area contributed by atoms with Gasteiger partial charge in [-0.3, -0.25) is 9.30 Å². The van der Waals surface area contributed by atoms with Crippen LogP contribution in [0.4, 0.5) is 17.2 Å². The minimum Gasteiger partial charge on any atom is -0.309 e. The summed E-state index contributed by atoms with van der Waals surface area (Å²) in [6.45, 7) is 4.70. The predicted octanol–water partition coefficient (Wildman–Crippen LogP) is 11.6. The molecule has 0 saturated heterocycles. The van der Waals surface area contributed by atoms with Crippen molar-refractivity contribution in [2.75, 3.05) is 4.90 Å². The highest BCUT2D eigenvalue weighted by molar-refractivity contribution is 7.20. The Hall–Kier alpha value is -8.06. The molecule has 0 atom stereocenters. The first kappa shape index (κ1) is 37.5. The average molecular weight is 850 g/mol. The van der Waals surface area contributed by atoms with Gasteiger partial charge >= 0.3 is 0 Å². The smallest absolute Gasteiger partial charge is 0.179 e. The summed E-state index contributed by atoms with van der Waals surface area (Å²) in [6.07, 6.45) is 5.96. The number of benzene rings is 8. The van der Waals surface area contributed by atoms with Gasteiger partial charge in [-0.2, -0.15) is 0 Å². The van der Waals surface area contributed by atoms with E-state index in [4.69, 9.17) is 9.97 Å². The van der Waals surface area contributed by atoms with Crippen molar-refractivity contribution in [3.8, 4) is 5.69 Å². The maximum Gasteiger partial charge on any atom is 0.179 e. The minimum absolute atomic E-state index is 0.322. The fourth-order valence-electron chi connectivity index (χ4n) is 11.3. The lowest BCUT2D eigenvalue weighted by Gasteiger charge is -2.42. The molecule has 13 rings (SSSR count). The lowest BCUT2D eigenvalue weighted by atomic mass is 9.74. The molecule has 0 spiro atoms. The van der Waals surface area contributed by atoms with Crippen LogP contribution < -0.4 is 25.6 Å². The van der Waals surface area contributed by atoms with Crippen molar-refractivity contribution < 1.29 is 0 Å². The van der Waals surface area contributed by atoms with Crippen molar-refractivity contribution in [3.63, 3.8) is 0 Å². The molecule has 0 aliphatic carbocycles. The average Bonchev–Trinajstić information content (AvgIpc) is 4.00. The zero-order valence-electron chi connectivity index (χ0n) is 36.1. The normalized spacial score (nSPS) is 13.5. The van der Waals surface area contributed by atoms with Crippen LogP contribution in [-0.2, 0) is 5.41 Å². The van der Waals surface area contributed by atoms with Gasteiger partial charge in [-0.25, -0.2) is 9.97 Å². The van der Waals surface area contributed by atoms with Crippen molar-refractivity contribution in [3.05, 3.63) is 236 Å². The number of hydrogen-bond donors (Lipinski definition) is 0. The third-order valence-electron chi connectivity index (χ3n) is 14.1. The number of anilines is 3. The lowest BCUT2D eigenvalue weighted by molar-refractivity contribution is 0.629. The molecule has 308 valence electrons. The molecule has 1 aliphatic rings. The molecule has 12 aromatic rings. The summed E-state index contributed by atoms with van der Waals surface area (Å²) in [6, 6.07) is 76.4. The fourth-order valence-corrected chi connectivity index (χ4v) is 16.0. The first-order valence-electron chi connectivity index (χ1n) is 22.4. The number of para-hydroxylation sites is 3. The molecular weight excluding hydrogens is 807 g/mol. The molecule has 0 unspecified atom stereocenters. The van der Waals surface area contributed by atoms with Crippen LogP contribution in [0.15, 0.2) is 225 Å². The molecule has 4 aromatic heterocycles. The summed E-state index contributed by atoms with van der Waals surface area (Å²) >= 11 is 0. The number of nitrogens with zero attached hydrogens (tertiary/aromatic N) is 5. The van der Waals surface area contributed by atoms with Gasteiger partial charge in [0.2, 0.25) is 0 Å². The van der Waals surface area contributed by atoms with Gasteiger partial charge in [-0.05, 0) is 80.2 Å². The highest BCUT2D eigenvalue weighted by Crippen LogP contribution is 2.55. The highest BCUT2D eigenvalue weighted by Gasteiger charge is 2.44. The molecule has 0 N–H and O–H groups in total. The lowest BCUT2D eigenvalue weighted by Crippen LogP contribution is -2.74. The number of pyridine rings is 2. The summed E-state index contributed by atoms with van der Waals surface area (Å²) in [5, 5.41) is 11.2. The fraction of sp³-hybridized carbons (Fsp3) is 0.0508. The molecule has 8 aromatic carbocycles. The summed E-state index contributed by atoms with van der Waals surface area (Å²) < 4.78 is 4.66. The maximum atomic E-state index is 5.29. The topological polar surface area (TPSA) is 38.4 Å². The van der Waals surface area contributed by atoms with Crippen LogP contribution in [-0.4, -0.2) is 27.0 Å². The van der Waals surface area contributed by atoms with Crippen molar-refractivity contribution in [2.45, 2.75) is 19.3 Å². The third-order valence-corrected chi connectivity index (χ3v) is 18.9. The maximum absolute atomic E-state index is 5.29. The molecule has 0 saturated carbocycles. The Labute approximate surface area is 378 Å². The van der Waals surface area contributed by atoms with Crippen LogP contribution in [0.2, 0.25) is 0 Å².